The number of nitrogens with zero attached hydrogens (tertiary/aromatic N) is 1. The summed E-state index contributed by atoms with van der Waals surface area (Å²) < 4.78 is 79.7. The number of ether oxygens (including phenoxy) is 14. The molecule has 0 radical (unpaired) electrons. The first kappa shape index (κ1) is 41.2. The zero-order valence-electron chi connectivity index (χ0n) is 28.3. The lowest BCUT2D eigenvalue weighted by Gasteiger charge is -2.22. The van der Waals surface area contributed by atoms with Crippen LogP contribution in [0, 0.1) is 10.1 Å². The Hall–Kier alpha value is -2.26. The van der Waals surface area contributed by atoms with Crippen molar-refractivity contribution in [3.63, 3.8) is 0 Å². The number of nitro groups is 1. The van der Waals surface area contributed by atoms with Crippen LogP contribution >= 0.6 is 0 Å². The third-order valence-electron chi connectivity index (χ3n) is 6.73. The van der Waals surface area contributed by atoms with Crippen LogP contribution in [0.15, 0.2) is 18.2 Å². The lowest BCUT2D eigenvalue weighted by molar-refractivity contribution is -0.385. The number of hydrogen-bond acceptors (Lipinski definition) is 16. The molecule has 282 valence electrons. The molecule has 0 aromatic heterocycles. The van der Waals surface area contributed by atoms with Gasteiger partial charge < -0.3 is 66.3 Å². The third kappa shape index (κ3) is 20.9. The maximum atomic E-state index is 11.6. The van der Waals surface area contributed by atoms with Crippen molar-refractivity contribution in [3.05, 3.63) is 28.3 Å². The second kappa shape index (κ2) is 28.4. The Morgan fingerprint density at radius 3 is 1.18 bits per heavy atom. The van der Waals surface area contributed by atoms with Crippen molar-refractivity contribution in [3.8, 4) is 11.5 Å². The molecule has 17 heteroatoms. The van der Waals surface area contributed by atoms with E-state index in [4.69, 9.17) is 66.3 Å². The van der Waals surface area contributed by atoms with Gasteiger partial charge in [0.2, 0.25) is 0 Å². The van der Waals surface area contributed by atoms with Gasteiger partial charge >= 0.3 is 0 Å². The molecule has 2 unspecified atom stereocenters. The first-order valence-corrected chi connectivity index (χ1v) is 16.8. The Bertz CT molecular complexity index is 924. The largest absolute Gasteiger partial charge is 0.487 e. The van der Waals surface area contributed by atoms with Crippen LogP contribution in [0.5, 0.6) is 11.5 Å². The molecule has 0 bridgehead atoms. The first-order valence-electron chi connectivity index (χ1n) is 16.8. The van der Waals surface area contributed by atoms with Gasteiger partial charge in [0.25, 0.3) is 5.69 Å². The standard InChI is InChI=1S/C32H53NO16/c34-33(35)28-1-2-31(48-26-29-24-44-17-15-40-9-7-36-3-5-38-11-13-42-19-21-46-29)32(23-28)49-27-30-25-45-18-16-41-10-8-37-4-6-39-12-14-43-20-22-47-30/h1-2,23,29-30H,3-22,24-27H2. The Balaban J connectivity index is 1.56. The molecule has 1 aromatic rings. The molecule has 2 fully saturated rings. The van der Waals surface area contributed by atoms with Crippen LogP contribution in [0.4, 0.5) is 5.69 Å². The van der Waals surface area contributed by atoms with Crippen LogP contribution in [-0.4, -0.2) is 176 Å². The number of rotatable bonds is 7. The van der Waals surface area contributed by atoms with Crippen LogP contribution in [0.25, 0.3) is 0 Å². The molecule has 49 heavy (non-hydrogen) atoms. The van der Waals surface area contributed by atoms with Crippen LogP contribution in [0.1, 0.15) is 0 Å². The van der Waals surface area contributed by atoms with E-state index in [-0.39, 0.29) is 44.5 Å². The molecule has 2 aliphatic rings. The predicted octanol–water partition coefficient (Wildman–Crippen LogP) is 1.32. The first-order chi connectivity index (χ1) is 24.2. The second-order valence-electron chi connectivity index (χ2n) is 10.5. The summed E-state index contributed by atoms with van der Waals surface area (Å²) in [4.78, 5) is 11.1. The molecule has 0 amide bonds. The monoisotopic (exact) mass is 707 g/mol. The van der Waals surface area contributed by atoms with Gasteiger partial charge in [-0.25, -0.2) is 0 Å². The SMILES string of the molecule is O=[N+]([O-])c1ccc(OCC2COCCOCCOCCOCCOCCO2)c(OCC2COCCOCCOCCOCCOCCO2)c1. The third-order valence-corrected chi connectivity index (χ3v) is 6.73. The summed E-state index contributed by atoms with van der Waals surface area (Å²) in [6.07, 6.45) is -0.977. The van der Waals surface area contributed by atoms with E-state index >= 15 is 0 Å². The van der Waals surface area contributed by atoms with Crippen molar-refractivity contribution >= 4 is 5.69 Å². The molecular weight excluding hydrogens is 654 g/mol. The van der Waals surface area contributed by atoms with Crippen LogP contribution < -0.4 is 9.47 Å². The molecule has 0 saturated carbocycles. The van der Waals surface area contributed by atoms with E-state index in [1.165, 1.54) is 18.2 Å². The topological polar surface area (TPSA) is 172 Å². The number of hydrogen-bond donors (Lipinski definition) is 0. The Morgan fingerprint density at radius 1 is 0.490 bits per heavy atom. The quantitative estimate of drug-likeness (QED) is 0.293. The molecule has 2 heterocycles. The van der Waals surface area contributed by atoms with E-state index < -0.39 is 17.1 Å². The minimum atomic E-state index is -0.508. The van der Waals surface area contributed by atoms with Crippen molar-refractivity contribution in [1.29, 1.82) is 0 Å². The van der Waals surface area contributed by atoms with E-state index in [2.05, 4.69) is 0 Å². The molecular formula is C32H53NO16. The highest BCUT2D eigenvalue weighted by atomic mass is 16.6. The highest BCUT2D eigenvalue weighted by Crippen LogP contribution is 2.32. The summed E-state index contributed by atoms with van der Waals surface area (Å²) in [6, 6.07) is 4.16. The maximum Gasteiger partial charge on any atom is 0.273 e. The summed E-state index contributed by atoms with van der Waals surface area (Å²) >= 11 is 0. The van der Waals surface area contributed by atoms with Crippen molar-refractivity contribution < 1.29 is 71.2 Å². The minimum absolute atomic E-state index is 0.0322. The zero-order valence-corrected chi connectivity index (χ0v) is 28.3. The number of non-ortho nitro benzene ring substituents is 1. The van der Waals surface area contributed by atoms with Crippen LogP contribution in [0.2, 0.25) is 0 Å². The van der Waals surface area contributed by atoms with Crippen molar-refractivity contribution in [2.24, 2.45) is 0 Å². The van der Waals surface area contributed by atoms with Crippen molar-refractivity contribution in [2.75, 3.05) is 159 Å². The van der Waals surface area contributed by atoms with E-state index in [0.717, 1.165) is 0 Å². The molecule has 2 atom stereocenters. The van der Waals surface area contributed by atoms with Gasteiger partial charge in [-0.2, -0.15) is 0 Å². The van der Waals surface area contributed by atoms with Crippen molar-refractivity contribution in [1.82, 2.24) is 0 Å². The fourth-order valence-electron chi connectivity index (χ4n) is 4.23. The fraction of sp³-hybridized carbons (Fsp3) is 0.812. The molecule has 3 rings (SSSR count). The highest BCUT2D eigenvalue weighted by molar-refractivity contribution is 5.48. The molecule has 1 aromatic carbocycles. The summed E-state index contributed by atoms with van der Waals surface area (Å²) in [5.41, 5.74) is -0.150. The molecule has 17 nitrogen and oxygen atoms in total. The average Bonchev–Trinajstić information content (AvgIpc) is 3.10. The highest BCUT2D eigenvalue weighted by Gasteiger charge is 2.19. The van der Waals surface area contributed by atoms with E-state index in [9.17, 15) is 10.1 Å². The Labute approximate surface area is 287 Å². The molecule has 0 aliphatic carbocycles. The van der Waals surface area contributed by atoms with Gasteiger partial charge in [-0.3, -0.25) is 10.1 Å². The molecule has 2 aliphatic heterocycles. The van der Waals surface area contributed by atoms with Gasteiger partial charge in [-0.1, -0.05) is 0 Å². The summed E-state index contributed by atoms with van der Waals surface area (Å²) in [5.74, 6) is 0.472. The van der Waals surface area contributed by atoms with Gasteiger partial charge in [-0.05, 0) is 6.07 Å². The number of nitro benzene ring substituents is 1. The smallest absolute Gasteiger partial charge is 0.273 e. The van der Waals surface area contributed by atoms with E-state index in [1.54, 1.807) is 0 Å². The average molecular weight is 708 g/mol. The summed E-state index contributed by atoms with van der Waals surface area (Å²) in [7, 11) is 0. The maximum absolute atomic E-state index is 11.6. The number of benzene rings is 1. The van der Waals surface area contributed by atoms with Gasteiger partial charge in [0.15, 0.2) is 11.5 Å². The van der Waals surface area contributed by atoms with E-state index in [0.29, 0.717) is 131 Å². The minimum Gasteiger partial charge on any atom is -0.487 e. The molecule has 2 saturated heterocycles. The van der Waals surface area contributed by atoms with Crippen LogP contribution in [-0.2, 0) is 56.8 Å². The van der Waals surface area contributed by atoms with Gasteiger partial charge in [0, 0.05) is 6.07 Å². The lowest BCUT2D eigenvalue weighted by atomic mass is 10.2. The Kier molecular flexibility index (Phi) is 23.9. The fourth-order valence-corrected chi connectivity index (χ4v) is 4.23. The molecule has 0 N–H and O–H groups in total. The van der Waals surface area contributed by atoms with Crippen molar-refractivity contribution in [2.45, 2.75) is 12.2 Å². The normalized spacial score (nSPS) is 23.9. The van der Waals surface area contributed by atoms with E-state index in [1.807, 2.05) is 0 Å². The lowest BCUT2D eigenvalue weighted by Crippen LogP contribution is -2.30. The summed E-state index contributed by atoms with van der Waals surface area (Å²) in [5, 5.41) is 11.6. The van der Waals surface area contributed by atoms with Crippen LogP contribution in [0.3, 0.4) is 0 Å². The van der Waals surface area contributed by atoms with Gasteiger partial charge in [0.1, 0.15) is 25.4 Å². The summed E-state index contributed by atoms with van der Waals surface area (Å²) in [6.45, 7) is 8.79. The van der Waals surface area contributed by atoms with Gasteiger partial charge in [0.05, 0.1) is 156 Å². The second-order valence-corrected chi connectivity index (χ2v) is 10.5. The van der Waals surface area contributed by atoms with Gasteiger partial charge in [-0.15, -0.1) is 0 Å². The molecule has 0 spiro atoms. The predicted molar refractivity (Wildman–Crippen MR) is 172 cm³/mol. The Morgan fingerprint density at radius 2 is 0.816 bits per heavy atom. The zero-order chi connectivity index (χ0) is 34.5.